The van der Waals surface area contributed by atoms with Crippen molar-refractivity contribution in [1.29, 1.82) is 0 Å². The topological polar surface area (TPSA) is 115 Å². The number of hydrogen-bond donors (Lipinski definition) is 4. The molecule has 0 heterocycles. The van der Waals surface area contributed by atoms with E-state index in [1.165, 1.54) is 0 Å². The molecule has 6 heteroatoms. The highest BCUT2D eigenvalue weighted by Crippen LogP contribution is 2.21. The maximum atomic E-state index is 10.8. The minimum absolute atomic E-state index is 0.286. The molecule has 0 bridgehead atoms. The minimum atomic E-state index is -1.49. The molecule has 0 aromatic carbocycles. The molecule has 0 aliphatic carbocycles. The SMILES string of the molecule is CCCCCCC(O)(CC)C(=O)O.CCCCCCC(O)(CCC)C(=O)O. The van der Waals surface area contributed by atoms with Gasteiger partial charge in [-0.3, -0.25) is 0 Å². The van der Waals surface area contributed by atoms with E-state index in [1.54, 1.807) is 6.92 Å². The summed E-state index contributed by atoms with van der Waals surface area (Å²) in [6.45, 7) is 7.80. The normalized spacial score (nSPS) is 15.2. The lowest BCUT2D eigenvalue weighted by molar-refractivity contribution is -0.160. The summed E-state index contributed by atoms with van der Waals surface area (Å²) in [7, 11) is 0. The first-order chi connectivity index (χ1) is 12.6. The zero-order chi connectivity index (χ0) is 21.3. The van der Waals surface area contributed by atoms with E-state index in [9.17, 15) is 19.8 Å². The molecule has 2 atom stereocenters. The molecule has 0 aromatic rings. The number of carboxylic acid groups (broad SMARTS) is 2. The van der Waals surface area contributed by atoms with Crippen LogP contribution in [0.25, 0.3) is 0 Å². The fourth-order valence-electron chi connectivity index (χ4n) is 2.88. The molecule has 0 amide bonds. The van der Waals surface area contributed by atoms with Crippen LogP contribution in [-0.2, 0) is 9.59 Å². The first-order valence-electron chi connectivity index (χ1n) is 10.5. The molecule has 0 aliphatic heterocycles. The molecule has 0 rings (SSSR count). The third kappa shape index (κ3) is 12.8. The number of hydrogen-bond acceptors (Lipinski definition) is 4. The molecule has 0 radical (unpaired) electrons. The van der Waals surface area contributed by atoms with Gasteiger partial charge >= 0.3 is 11.9 Å². The average molecular weight is 391 g/mol. The smallest absolute Gasteiger partial charge is 0.335 e. The van der Waals surface area contributed by atoms with Crippen LogP contribution in [0.1, 0.15) is 111 Å². The van der Waals surface area contributed by atoms with Crippen LogP contribution in [0.2, 0.25) is 0 Å². The van der Waals surface area contributed by atoms with Crippen molar-refractivity contribution >= 4 is 11.9 Å². The Bertz CT molecular complexity index is 398. The third-order valence-electron chi connectivity index (χ3n) is 4.93. The Morgan fingerprint density at radius 3 is 1.30 bits per heavy atom. The van der Waals surface area contributed by atoms with Crippen molar-refractivity contribution in [2.45, 2.75) is 122 Å². The zero-order valence-corrected chi connectivity index (χ0v) is 17.8. The molecule has 0 saturated carbocycles. The van der Waals surface area contributed by atoms with Crippen molar-refractivity contribution in [2.24, 2.45) is 0 Å². The van der Waals surface area contributed by atoms with Gasteiger partial charge < -0.3 is 20.4 Å². The van der Waals surface area contributed by atoms with Crippen molar-refractivity contribution in [3.05, 3.63) is 0 Å². The van der Waals surface area contributed by atoms with Gasteiger partial charge in [0, 0.05) is 0 Å². The summed E-state index contributed by atoms with van der Waals surface area (Å²) in [5, 5.41) is 37.0. The van der Waals surface area contributed by atoms with Crippen molar-refractivity contribution in [3.8, 4) is 0 Å². The number of carbonyl (C=O) groups is 2. The predicted octanol–water partition coefficient (Wildman–Crippen LogP) is 4.76. The summed E-state index contributed by atoms with van der Waals surface area (Å²) >= 11 is 0. The van der Waals surface area contributed by atoms with Gasteiger partial charge in [0.15, 0.2) is 11.2 Å². The standard InChI is InChI=1S/C11H22O3.C10H20O3/c1-3-5-6-7-9-11(14,8-4-2)10(12)13;1-3-5-6-7-8-10(13,4-2)9(11)12/h14H,3-9H2,1-2H3,(H,12,13);13H,3-8H2,1-2H3,(H,11,12). The Balaban J connectivity index is 0. The third-order valence-corrected chi connectivity index (χ3v) is 4.93. The van der Waals surface area contributed by atoms with Gasteiger partial charge in [0.05, 0.1) is 0 Å². The second-order valence-corrected chi connectivity index (χ2v) is 7.40. The van der Waals surface area contributed by atoms with Crippen molar-refractivity contribution in [2.75, 3.05) is 0 Å². The van der Waals surface area contributed by atoms with Gasteiger partial charge in [-0.15, -0.1) is 0 Å². The van der Waals surface area contributed by atoms with Crippen LogP contribution < -0.4 is 0 Å². The number of aliphatic carboxylic acids is 2. The van der Waals surface area contributed by atoms with Crippen LogP contribution in [0.15, 0.2) is 0 Å². The van der Waals surface area contributed by atoms with Gasteiger partial charge in [-0.2, -0.15) is 0 Å². The van der Waals surface area contributed by atoms with Gasteiger partial charge in [-0.25, -0.2) is 9.59 Å². The van der Waals surface area contributed by atoms with E-state index < -0.39 is 23.1 Å². The quantitative estimate of drug-likeness (QED) is 0.300. The average Bonchev–Trinajstić information content (AvgIpc) is 2.62. The second kappa shape index (κ2) is 15.9. The fraction of sp³-hybridized carbons (Fsp3) is 0.905. The molecular formula is C21H42O6. The van der Waals surface area contributed by atoms with Crippen LogP contribution in [0.4, 0.5) is 0 Å². The lowest BCUT2D eigenvalue weighted by Crippen LogP contribution is -2.38. The molecular weight excluding hydrogens is 348 g/mol. The van der Waals surface area contributed by atoms with E-state index in [-0.39, 0.29) is 6.42 Å². The van der Waals surface area contributed by atoms with Crippen LogP contribution >= 0.6 is 0 Å². The van der Waals surface area contributed by atoms with Crippen molar-refractivity contribution in [3.63, 3.8) is 0 Å². The van der Waals surface area contributed by atoms with E-state index >= 15 is 0 Å². The maximum absolute atomic E-state index is 10.8. The van der Waals surface area contributed by atoms with Gasteiger partial charge in [0.25, 0.3) is 0 Å². The van der Waals surface area contributed by atoms with E-state index in [2.05, 4.69) is 13.8 Å². The second-order valence-electron chi connectivity index (χ2n) is 7.40. The molecule has 162 valence electrons. The van der Waals surface area contributed by atoms with Crippen LogP contribution in [-0.4, -0.2) is 43.6 Å². The highest BCUT2D eigenvalue weighted by Gasteiger charge is 2.34. The van der Waals surface area contributed by atoms with Crippen molar-refractivity contribution in [1.82, 2.24) is 0 Å². The number of carboxylic acids is 2. The van der Waals surface area contributed by atoms with Crippen LogP contribution in [0.3, 0.4) is 0 Å². The van der Waals surface area contributed by atoms with Crippen LogP contribution in [0, 0.1) is 0 Å². The zero-order valence-electron chi connectivity index (χ0n) is 17.8. The Morgan fingerprint density at radius 2 is 1.00 bits per heavy atom. The first-order valence-corrected chi connectivity index (χ1v) is 10.5. The summed E-state index contributed by atoms with van der Waals surface area (Å²) in [6, 6.07) is 0. The fourth-order valence-corrected chi connectivity index (χ4v) is 2.88. The molecule has 0 aromatic heterocycles. The lowest BCUT2D eigenvalue weighted by atomic mass is 9.91. The summed E-state index contributed by atoms with van der Waals surface area (Å²) < 4.78 is 0. The number of aliphatic hydroxyl groups is 2. The largest absolute Gasteiger partial charge is 0.479 e. The summed E-state index contributed by atoms with van der Waals surface area (Å²) in [6.07, 6.45) is 10.2. The minimum Gasteiger partial charge on any atom is -0.479 e. The van der Waals surface area contributed by atoms with E-state index in [0.717, 1.165) is 51.4 Å². The van der Waals surface area contributed by atoms with Gasteiger partial charge in [0.2, 0.25) is 0 Å². The van der Waals surface area contributed by atoms with Gasteiger partial charge in [0.1, 0.15) is 0 Å². The highest BCUT2D eigenvalue weighted by molar-refractivity contribution is 5.77. The highest BCUT2D eigenvalue weighted by atomic mass is 16.4. The van der Waals surface area contributed by atoms with E-state index in [0.29, 0.717) is 25.7 Å². The summed E-state index contributed by atoms with van der Waals surface area (Å²) in [4.78, 5) is 21.5. The van der Waals surface area contributed by atoms with Gasteiger partial charge in [-0.1, -0.05) is 72.6 Å². The Labute approximate surface area is 165 Å². The summed E-state index contributed by atoms with van der Waals surface area (Å²) in [5.41, 5.74) is -2.98. The Morgan fingerprint density at radius 1 is 0.593 bits per heavy atom. The Kier molecular flexibility index (Phi) is 16.5. The molecule has 4 N–H and O–H groups in total. The molecule has 2 unspecified atom stereocenters. The molecule has 0 fully saturated rings. The van der Waals surface area contributed by atoms with Crippen LogP contribution in [0.5, 0.6) is 0 Å². The molecule has 6 nitrogen and oxygen atoms in total. The molecule has 0 spiro atoms. The number of unbranched alkanes of at least 4 members (excludes halogenated alkanes) is 6. The van der Waals surface area contributed by atoms with E-state index in [4.69, 9.17) is 10.2 Å². The molecule has 0 saturated heterocycles. The molecule has 27 heavy (non-hydrogen) atoms. The number of rotatable bonds is 15. The predicted molar refractivity (Wildman–Crippen MR) is 108 cm³/mol. The maximum Gasteiger partial charge on any atom is 0.335 e. The monoisotopic (exact) mass is 390 g/mol. The lowest BCUT2D eigenvalue weighted by Gasteiger charge is -2.22. The van der Waals surface area contributed by atoms with E-state index in [1.807, 2.05) is 6.92 Å². The Hall–Kier alpha value is -1.14. The van der Waals surface area contributed by atoms with Crippen molar-refractivity contribution < 1.29 is 30.0 Å². The first kappa shape index (κ1) is 28.1. The summed E-state index contributed by atoms with van der Waals surface area (Å²) in [5.74, 6) is -2.16. The van der Waals surface area contributed by atoms with Gasteiger partial charge in [-0.05, 0) is 38.5 Å². The molecule has 0 aliphatic rings.